The first-order valence-electron chi connectivity index (χ1n) is 7.99. The third-order valence-electron chi connectivity index (χ3n) is 4.07. The topological polar surface area (TPSA) is 81.2 Å². The van der Waals surface area contributed by atoms with Gasteiger partial charge in [0.15, 0.2) is 0 Å². The minimum Gasteiger partial charge on any atom is -0.480 e. The molecule has 1 heterocycles. The van der Waals surface area contributed by atoms with Crippen LogP contribution in [0.1, 0.15) is 6.42 Å². The van der Waals surface area contributed by atoms with Gasteiger partial charge in [-0.2, -0.15) is 0 Å². The van der Waals surface area contributed by atoms with E-state index in [4.69, 9.17) is 16.7 Å². The van der Waals surface area contributed by atoms with E-state index >= 15 is 0 Å². The number of carboxylic acid groups (broad SMARTS) is 1. The SMILES string of the molecule is CN(C)CCN(CC(=O)O)C(=O)C1CC(=O)N(c2ccc(Cl)cc2)C1. The number of rotatable bonds is 7. The van der Waals surface area contributed by atoms with Crippen LogP contribution < -0.4 is 4.90 Å². The van der Waals surface area contributed by atoms with Crippen molar-refractivity contribution in [3.05, 3.63) is 29.3 Å². The first-order valence-corrected chi connectivity index (χ1v) is 8.37. The molecule has 1 aromatic carbocycles. The summed E-state index contributed by atoms with van der Waals surface area (Å²) in [5, 5.41) is 9.62. The molecular formula is C17H22ClN3O4. The Morgan fingerprint density at radius 1 is 1.24 bits per heavy atom. The maximum atomic E-state index is 12.7. The zero-order valence-corrected chi connectivity index (χ0v) is 15.1. The number of likely N-dealkylation sites (N-methyl/N-ethyl adjacent to an activating group) is 1. The van der Waals surface area contributed by atoms with E-state index < -0.39 is 11.9 Å². The molecule has 1 unspecified atom stereocenters. The fraction of sp³-hybridized carbons (Fsp3) is 0.471. The summed E-state index contributed by atoms with van der Waals surface area (Å²) in [4.78, 5) is 40.8. The molecule has 2 rings (SSSR count). The summed E-state index contributed by atoms with van der Waals surface area (Å²) < 4.78 is 0. The van der Waals surface area contributed by atoms with Gasteiger partial charge in [0.1, 0.15) is 6.54 Å². The number of benzene rings is 1. The third kappa shape index (κ3) is 5.17. The van der Waals surface area contributed by atoms with Crippen molar-refractivity contribution in [2.75, 3.05) is 45.2 Å². The summed E-state index contributed by atoms with van der Waals surface area (Å²) in [6, 6.07) is 6.84. The van der Waals surface area contributed by atoms with Crippen LogP contribution in [-0.2, 0) is 14.4 Å². The van der Waals surface area contributed by atoms with Crippen LogP contribution in [0.15, 0.2) is 24.3 Å². The van der Waals surface area contributed by atoms with Gasteiger partial charge in [0.2, 0.25) is 11.8 Å². The van der Waals surface area contributed by atoms with Crippen molar-refractivity contribution in [2.45, 2.75) is 6.42 Å². The van der Waals surface area contributed by atoms with Crippen LogP contribution in [0.5, 0.6) is 0 Å². The number of hydrogen-bond acceptors (Lipinski definition) is 4. The van der Waals surface area contributed by atoms with E-state index in [1.807, 2.05) is 19.0 Å². The van der Waals surface area contributed by atoms with Gasteiger partial charge in [-0.15, -0.1) is 0 Å². The van der Waals surface area contributed by atoms with Gasteiger partial charge < -0.3 is 19.8 Å². The largest absolute Gasteiger partial charge is 0.480 e. The number of halogens is 1. The molecule has 8 heteroatoms. The molecule has 1 saturated heterocycles. The van der Waals surface area contributed by atoms with Crippen molar-refractivity contribution in [1.29, 1.82) is 0 Å². The van der Waals surface area contributed by atoms with E-state index in [1.165, 1.54) is 4.90 Å². The number of aliphatic carboxylic acids is 1. The lowest BCUT2D eigenvalue weighted by atomic mass is 10.1. The number of amides is 2. The maximum absolute atomic E-state index is 12.7. The van der Waals surface area contributed by atoms with Crippen molar-refractivity contribution in [2.24, 2.45) is 5.92 Å². The Morgan fingerprint density at radius 3 is 2.44 bits per heavy atom. The quantitative estimate of drug-likeness (QED) is 0.782. The first kappa shape index (κ1) is 19.2. The molecule has 1 aliphatic rings. The normalized spacial score (nSPS) is 17.2. The Balaban J connectivity index is 2.08. The Hall–Kier alpha value is -2.12. The molecular weight excluding hydrogens is 346 g/mol. The van der Waals surface area contributed by atoms with Gasteiger partial charge in [-0.25, -0.2) is 0 Å². The second kappa shape index (κ2) is 8.31. The maximum Gasteiger partial charge on any atom is 0.323 e. The zero-order chi connectivity index (χ0) is 18.6. The van der Waals surface area contributed by atoms with Crippen molar-refractivity contribution in [3.8, 4) is 0 Å². The van der Waals surface area contributed by atoms with E-state index in [0.29, 0.717) is 23.8 Å². The Labute approximate surface area is 151 Å². The Bertz CT molecular complexity index is 648. The standard InChI is InChI=1S/C17H22ClN3O4/c1-19(2)7-8-20(11-16(23)24)17(25)12-9-15(22)21(10-12)14-5-3-13(18)4-6-14/h3-6,12H,7-11H2,1-2H3,(H,23,24). The monoisotopic (exact) mass is 367 g/mol. The second-order valence-corrected chi connectivity index (χ2v) is 6.78. The summed E-state index contributed by atoms with van der Waals surface area (Å²) in [7, 11) is 3.70. The van der Waals surface area contributed by atoms with Gasteiger partial charge in [-0.05, 0) is 38.4 Å². The van der Waals surface area contributed by atoms with Gasteiger partial charge in [-0.1, -0.05) is 11.6 Å². The molecule has 1 fully saturated rings. The number of carboxylic acids is 1. The van der Waals surface area contributed by atoms with E-state index in [2.05, 4.69) is 0 Å². The molecule has 2 amide bonds. The van der Waals surface area contributed by atoms with Crippen LogP contribution in [0.2, 0.25) is 5.02 Å². The van der Waals surface area contributed by atoms with Crippen LogP contribution in [-0.4, -0.2) is 73.0 Å². The molecule has 1 aliphatic heterocycles. The molecule has 0 spiro atoms. The van der Waals surface area contributed by atoms with Crippen LogP contribution in [0.4, 0.5) is 5.69 Å². The van der Waals surface area contributed by atoms with Crippen LogP contribution in [0, 0.1) is 5.92 Å². The molecule has 1 atom stereocenters. The Kier molecular flexibility index (Phi) is 6.39. The smallest absolute Gasteiger partial charge is 0.323 e. The molecule has 0 radical (unpaired) electrons. The van der Waals surface area contributed by atoms with E-state index in [1.54, 1.807) is 29.2 Å². The van der Waals surface area contributed by atoms with E-state index in [0.717, 1.165) is 0 Å². The molecule has 136 valence electrons. The summed E-state index contributed by atoms with van der Waals surface area (Å²) in [5.74, 6) is -2.05. The van der Waals surface area contributed by atoms with Crippen LogP contribution in [0.3, 0.4) is 0 Å². The van der Waals surface area contributed by atoms with Crippen LogP contribution in [0.25, 0.3) is 0 Å². The fourth-order valence-corrected chi connectivity index (χ4v) is 2.88. The lowest BCUT2D eigenvalue weighted by Gasteiger charge is -2.25. The molecule has 0 saturated carbocycles. The summed E-state index contributed by atoms with van der Waals surface area (Å²) in [6.07, 6.45) is 0.0829. The van der Waals surface area contributed by atoms with Crippen molar-refractivity contribution < 1.29 is 19.5 Å². The highest BCUT2D eigenvalue weighted by Crippen LogP contribution is 2.27. The molecule has 1 aromatic rings. The second-order valence-electron chi connectivity index (χ2n) is 6.34. The summed E-state index contributed by atoms with van der Waals surface area (Å²) >= 11 is 5.86. The van der Waals surface area contributed by atoms with Crippen molar-refractivity contribution in [3.63, 3.8) is 0 Å². The third-order valence-corrected chi connectivity index (χ3v) is 4.32. The number of nitrogens with zero attached hydrogens (tertiary/aromatic N) is 3. The molecule has 1 N–H and O–H groups in total. The molecule has 7 nitrogen and oxygen atoms in total. The molecule has 0 bridgehead atoms. The number of carbonyl (C=O) groups excluding carboxylic acids is 2. The summed E-state index contributed by atoms with van der Waals surface area (Å²) in [6.45, 7) is 0.750. The minimum atomic E-state index is -1.06. The number of carbonyl (C=O) groups is 3. The van der Waals surface area contributed by atoms with Gasteiger partial charge in [0.25, 0.3) is 0 Å². The number of anilines is 1. The first-order chi connectivity index (χ1) is 11.8. The molecule has 0 aliphatic carbocycles. The predicted octanol–water partition coefficient (Wildman–Crippen LogP) is 1.17. The van der Waals surface area contributed by atoms with E-state index in [-0.39, 0.29) is 31.3 Å². The lowest BCUT2D eigenvalue weighted by molar-refractivity contribution is -0.146. The highest BCUT2D eigenvalue weighted by Gasteiger charge is 2.37. The lowest BCUT2D eigenvalue weighted by Crippen LogP contribution is -2.43. The van der Waals surface area contributed by atoms with Crippen molar-refractivity contribution in [1.82, 2.24) is 9.80 Å². The van der Waals surface area contributed by atoms with Gasteiger partial charge in [0, 0.05) is 36.8 Å². The van der Waals surface area contributed by atoms with Gasteiger partial charge in [-0.3, -0.25) is 14.4 Å². The summed E-state index contributed by atoms with van der Waals surface area (Å²) in [5.41, 5.74) is 0.683. The minimum absolute atomic E-state index is 0.0829. The van der Waals surface area contributed by atoms with Gasteiger partial charge >= 0.3 is 5.97 Å². The van der Waals surface area contributed by atoms with E-state index in [9.17, 15) is 14.4 Å². The predicted molar refractivity (Wildman–Crippen MR) is 94.7 cm³/mol. The van der Waals surface area contributed by atoms with Gasteiger partial charge in [0.05, 0.1) is 5.92 Å². The van der Waals surface area contributed by atoms with Crippen molar-refractivity contribution >= 4 is 35.1 Å². The highest BCUT2D eigenvalue weighted by atomic mass is 35.5. The highest BCUT2D eigenvalue weighted by molar-refractivity contribution is 6.30. The Morgan fingerprint density at radius 2 is 1.88 bits per heavy atom. The fourth-order valence-electron chi connectivity index (χ4n) is 2.75. The van der Waals surface area contributed by atoms with Crippen LogP contribution >= 0.6 is 11.6 Å². The molecule has 0 aromatic heterocycles. The molecule has 25 heavy (non-hydrogen) atoms. The number of hydrogen-bond donors (Lipinski definition) is 1. The average molecular weight is 368 g/mol. The average Bonchev–Trinajstić information content (AvgIpc) is 2.93. The zero-order valence-electron chi connectivity index (χ0n) is 14.3.